The minimum Gasteiger partial charge on any atom is -0.311 e. The van der Waals surface area contributed by atoms with Gasteiger partial charge in [0.2, 0.25) is 6.17 Å². The first-order valence-electron chi connectivity index (χ1n) is 11.9. The molecule has 0 saturated carbocycles. The van der Waals surface area contributed by atoms with Crippen molar-refractivity contribution in [2.24, 2.45) is 4.99 Å². The van der Waals surface area contributed by atoms with Crippen LogP contribution in [0, 0.1) is 0 Å². The van der Waals surface area contributed by atoms with E-state index in [0.29, 0.717) is 11.4 Å². The predicted molar refractivity (Wildman–Crippen MR) is 143 cm³/mol. The summed E-state index contributed by atoms with van der Waals surface area (Å²) >= 11 is 0. The summed E-state index contributed by atoms with van der Waals surface area (Å²) in [7, 11) is 1.70. The molecule has 6 nitrogen and oxygen atoms in total. The second kappa shape index (κ2) is 8.82. The lowest BCUT2D eigenvalue weighted by Crippen LogP contribution is -2.47. The number of hydrogen-bond acceptors (Lipinski definition) is 3. The molecule has 4 aromatic carbocycles. The number of benzene rings is 4. The summed E-state index contributed by atoms with van der Waals surface area (Å²) in [5.74, 6) is -0.312. The highest BCUT2D eigenvalue weighted by Crippen LogP contribution is 2.37. The minimum atomic E-state index is -1.07. The van der Waals surface area contributed by atoms with Crippen molar-refractivity contribution in [2.75, 3.05) is 17.3 Å². The Kier molecular flexibility index (Phi) is 5.34. The molecule has 2 aliphatic rings. The van der Waals surface area contributed by atoms with Crippen molar-refractivity contribution >= 4 is 29.0 Å². The number of anilines is 2. The summed E-state index contributed by atoms with van der Waals surface area (Å²) in [5.41, 5.74) is 8.65. The number of carbonyl (C=O) groups is 2. The number of para-hydroxylation sites is 1. The number of aliphatic imine (C=N–C) groups is 1. The maximum Gasteiger partial charge on any atom is 0.321 e. The Morgan fingerprint density at radius 2 is 1.53 bits per heavy atom. The van der Waals surface area contributed by atoms with E-state index in [0.717, 1.165) is 23.2 Å². The van der Waals surface area contributed by atoms with Gasteiger partial charge in [0, 0.05) is 23.9 Å². The molecule has 0 radical (unpaired) electrons. The van der Waals surface area contributed by atoms with Gasteiger partial charge in [0.15, 0.2) is 0 Å². The highest BCUT2D eigenvalue weighted by atomic mass is 16.2. The van der Waals surface area contributed by atoms with Crippen molar-refractivity contribution in [1.29, 1.82) is 0 Å². The fourth-order valence-corrected chi connectivity index (χ4v) is 4.96. The largest absolute Gasteiger partial charge is 0.321 e. The molecule has 0 saturated heterocycles. The molecule has 1 atom stereocenters. The first-order chi connectivity index (χ1) is 17.6. The summed E-state index contributed by atoms with van der Waals surface area (Å²) in [6.07, 6.45) is -0.242. The molecule has 1 aliphatic carbocycles. The number of benzodiazepines with no additional fused rings is 1. The van der Waals surface area contributed by atoms with Crippen LogP contribution in [-0.2, 0) is 11.2 Å². The van der Waals surface area contributed by atoms with E-state index >= 15 is 0 Å². The van der Waals surface area contributed by atoms with Crippen molar-refractivity contribution in [3.63, 3.8) is 0 Å². The van der Waals surface area contributed by atoms with Crippen LogP contribution in [0.2, 0.25) is 0 Å². The quantitative estimate of drug-likeness (QED) is 0.378. The number of amides is 3. The van der Waals surface area contributed by atoms with Gasteiger partial charge in [-0.1, -0.05) is 78.9 Å². The maximum atomic E-state index is 13.3. The van der Waals surface area contributed by atoms with Gasteiger partial charge < -0.3 is 15.5 Å². The monoisotopic (exact) mass is 472 g/mol. The van der Waals surface area contributed by atoms with E-state index < -0.39 is 12.2 Å². The molecule has 3 amide bonds. The first-order valence-corrected chi connectivity index (χ1v) is 11.9. The van der Waals surface area contributed by atoms with Gasteiger partial charge in [0.05, 0.1) is 11.4 Å². The standard InChI is InChI=1S/C30H24N4O2/c1-34-26-14-8-7-13-25(26)27(19-9-3-2-4-10-19)32-28(29(34)35)33-30(36)31-22-15-16-24-21(18-22)17-20-11-5-6-12-23(20)24/h2-16,18,28H,17H2,1H3,(H2,31,33,36)/t28-/m0/s1. The molecule has 4 aromatic rings. The minimum absolute atomic E-state index is 0.312. The highest BCUT2D eigenvalue weighted by Gasteiger charge is 2.31. The lowest BCUT2D eigenvalue weighted by molar-refractivity contribution is -0.119. The van der Waals surface area contributed by atoms with E-state index in [4.69, 9.17) is 4.99 Å². The number of nitrogens with one attached hydrogen (secondary N) is 2. The molecular weight excluding hydrogens is 448 g/mol. The predicted octanol–water partition coefficient (Wildman–Crippen LogP) is 5.22. The van der Waals surface area contributed by atoms with Gasteiger partial charge in [-0.25, -0.2) is 9.79 Å². The van der Waals surface area contributed by atoms with Crippen LogP contribution in [-0.4, -0.2) is 30.9 Å². The normalized spacial score (nSPS) is 15.8. The molecule has 0 fully saturated rings. The first kappa shape index (κ1) is 21.8. The molecule has 0 aromatic heterocycles. The van der Waals surface area contributed by atoms with E-state index in [2.05, 4.69) is 22.8 Å². The second-order valence-corrected chi connectivity index (χ2v) is 8.96. The van der Waals surface area contributed by atoms with Crippen LogP contribution >= 0.6 is 0 Å². The highest BCUT2D eigenvalue weighted by molar-refractivity contribution is 6.20. The summed E-state index contributed by atoms with van der Waals surface area (Å²) < 4.78 is 0. The van der Waals surface area contributed by atoms with E-state index in [1.165, 1.54) is 22.3 Å². The van der Waals surface area contributed by atoms with Crippen LogP contribution in [0.25, 0.3) is 11.1 Å². The number of hydrogen-bond donors (Lipinski definition) is 2. The smallest absolute Gasteiger partial charge is 0.311 e. The van der Waals surface area contributed by atoms with Gasteiger partial charge in [0.25, 0.3) is 5.91 Å². The lowest BCUT2D eigenvalue weighted by Gasteiger charge is -2.21. The Bertz CT molecular complexity index is 1530. The van der Waals surface area contributed by atoms with E-state index in [1.54, 1.807) is 11.9 Å². The molecule has 1 aliphatic heterocycles. The van der Waals surface area contributed by atoms with Crippen molar-refractivity contribution < 1.29 is 9.59 Å². The van der Waals surface area contributed by atoms with Crippen LogP contribution < -0.4 is 15.5 Å². The van der Waals surface area contributed by atoms with Crippen molar-refractivity contribution in [3.8, 4) is 11.1 Å². The number of urea groups is 1. The fraction of sp³-hybridized carbons (Fsp3) is 0.100. The topological polar surface area (TPSA) is 73.8 Å². The van der Waals surface area contributed by atoms with Crippen LogP contribution in [0.3, 0.4) is 0 Å². The molecule has 36 heavy (non-hydrogen) atoms. The summed E-state index contributed by atoms with van der Waals surface area (Å²) in [6.45, 7) is 0. The maximum absolute atomic E-state index is 13.3. The van der Waals surface area contributed by atoms with Crippen LogP contribution in [0.15, 0.2) is 102 Å². The molecule has 0 spiro atoms. The molecule has 1 heterocycles. The van der Waals surface area contributed by atoms with Gasteiger partial charge in [-0.05, 0) is 46.9 Å². The third-order valence-corrected chi connectivity index (χ3v) is 6.71. The molecule has 2 N–H and O–H groups in total. The summed E-state index contributed by atoms with van der Waals surface area (Å²) in [5, 5.41) is 5.67. The third kappa shape index (κ3) is 3.82. The van der Waals surface area contributed by atoms with Gasteiger partial charge in [-0.15, -0.1) is 0 Å². The zero-order chi connectivity index (χ0) is 24.6. The van der Waals surface area contributed by atoms with Crippen LogP contribution in [0.4, 0.5) is 16.2 Å². The van der Waals surface area contributed by atoms with Gasteiger partial charge >= 0.3 is 6.03 Å². The van der Waals surface area contributed by atoms with Gasteiger partial charge in [0.1, 0.15) is 0 Å². The molecule has 6 rings (SSSR count). The van der Waals surface area contributed by atoms with Crippen molar-refractivity contribution in [3.05, 3.63) is 119 Å². The Morgan fingerprint density at radius 3 is 2.36 bits per heavy atom. The average Bonchev–Trinajstić information content (AvgIpc) is 3.24. The number of likely N-dealkylation sites (N-methyl/N-ethyl adjacent to an activating group) is 1. The second-order valence-electron chi connectivity index (χ2n) is 8.96. The Hall–Kier alpha value is -4.71. The zero-order valence-electron chi connectivity index (χ0n) is 19.7. The SMILES string of the molecule is CN1C(=O)[C@H](NC(=O)Nc2ccc3c(c2)Cc2ccccc2-3)N=C(c2ccccc2)c2ccccc21. The number of nitrogens with zero attached hydrogens (tertiary/aromatic N) is 2. The molecule has 0 bridgehead atoms. The van der Waals surface area contributed by atoms with Crippen LogP contribution in [0.5, 0.6) is 0 Å². The van der Waals surface area contributed by atoms with Crippen LogP contribution in [0.1, 0.15) is 22.3 Å². The zero-order valence-corrected chi connectivity index (χ0v) is 19.7. The molecule has 0 unspecified atom stereocenters. The van der Waals surface area contributed by atoms with E-state index in [9.17, 15) is 9.59 Å². The average molecular weight is 473 g/mol. The molecule has 6 heteroatoms. The molecule has 176 valence electrons. The number of carbonyl (C=O) groups excluding carboxylic acids is 2. The lowest BCUT2D eigenvalue weighted by atomic mass is 10.0. The van der Waals surface area contributed by atoms with Gasteiger partial charge in [-0.3, -0.25) is 4.79 Å². The fourth-order valence-electron chi connectivity index (χ4n) is 4.96. The Balaban J connectivity index is 1.27. The van der Waals surface area contributed by atoms with Gasteiger partial charge in [-0.2, -0.15) is 0 Å². The molecular formula is C30H24N4O2. The van der Waals surface area contributed by atoms with E-state index in [-0.39, 0.29) is 5.91 Å². The number of fused-ring (bicyclic) bond motifs is 4. The van der Waals surface area contributed by atoms with Crippen molar-refractivity contribution in [1.82, 2.24) is 5.32 Å². The van der Waals surface area contributed by atoms with Crippen molar-refractivity contribution in [2.45, 2.75) is 12.6 Å². The summed E-state index contributed by atoms with van der Waals surface area (Å²) in [6, 6.07) is 31.1. The number of rotatable bonds is 3. The summed E-state index contributed by atoms with van der Waals surface area (Å²) in [4.78, 5) is 32.6. The van der Waals surface area contributed by atoms with E-state index in [1.807, 2.05) is 84.9 Å². The Morgan fingerprint density at radius 1 is 0.833 bits per heavy atom. The Labute approximate surface area is 209 Å². The third-order valence-electron chi connectivity index (χ3n) is 6.71.